The molecule has 0 aliphatic carbocycles. The predicted octanol–water partition coefficient (Wildman–Crippen LogP) is 4.00. The summed E-state index contributed by atoms with van der Waals surface area (Å²) >= 11 is 0. The fraction of sp³-hybridized carbons (Fsp3) is 0.381. The summed E-state index contributed by atoms with van der Waals surface area (Å²) in [5.74, 6) is 0. The van der Waals surface area contributed by atoms with Crippen molar-refractivity contribution in [2.24, 2.45) is 0 Å². The number of benzene rings is 2. The zero-order valence-electron chi connectivity index (χ0n) is 14.9. The van der Waals surface area contributed by atoms with E-state index in [1.54, 1.807) is 0 Å². The van der Waals surface area contributed by atoms with Gasteiger partial charge in [-0.25, -0.2) is 0 Å². The fourth-order valence-electron chi connectivity index (χ4n) is 3.29. The third kappa shape index (κ3) is 4.12. The SMILES string of the molecule is Cc1ccc(C(C)Nc2ccc(N3CCC(O)CC3)c(C#N)c2)cc1. The zero-order chi connectivity index (χ0) is 17.8. The van der Waals surface area contributed by atoms with Crippen molar-refractivity contribution in [2.75, 3.05) is 23.3 Å². The second-order valence-corrected chi connectivity index (χ2v) is 6.84. The summed E-state index contributed by atoms with van der Waals surface area (Å²) in [4.78, 5) is 2.19. The second kappa shape index (κ2) is 7.58. The van der Waals surface area contributed by atoms with Gasteiger partial charge >= 0.3 is 0 Å². The van der Waals surface area contributed by atoms with Gasteiger partial charge in [0.1, 0.15) is 6.07 Å². The number of hydrogen-bond donors (Lipinski definition) is 2. The molecule has 25 heavy (non-hydrogen) atoms. The van der Waals surface area contributed by atoms with E-state index in [-0.39, 0.29) is 12.1 Å². The summed E-state index contributed by atoms with van der Waals surface area (Å²) in [7, 11) is 0. The molecular weight excluding hydrogens is 310 g/mol. The standard InChI is InChI=1S/C21H25N3O/c1-15-3-5-17(6-4-15)16(2)23-19-7-8-21(18(13-19)14-22)24-11-9-20(25)10-12-24/h3-8,13,16,20,23,25H,9-12H2,1-2H3. The summed E-state index contributed by atoms with van der Waals surface area (Å²) < 4.78 is 0. The van der Waals surface area contributed by atoms with E-state index in [0.29, 0.717) is 5.56 Å². The van der Waals surface area contributed by atoms with Crippen molar-refractivity contribution >= 4 is 11.4 Å². The first kappa shape index (κ1) is 17.3. The second-order valence-electron chi connectivity index (χ2n) is 6.84. The van der Waals surface area contributed by atoms with Crippen LogP contribution in [0.15, 0.2) is 42.5 Å². The van der Waals surface area contributed by atoms with Gasteiger partial charge in [-0.2, -0.15) is 5.26 Å². The van der Waals surface area contributed by atoms with Gasteiger partial charge in [-0.3, -0.25) is 0 Å². The lowest BCUT2D eigenvalue weighted by atomic mass is 10.0. The Morgan fingerprint density at radius 3 is 2.48 bits per heavy atom. The van der Waals surface area contributed by atoms with Crippen molar-refractivity contribution in [1.29, 1.82) is 5.26 Å². The van der Waals surface area contributed by atoms with Crippen LogP contribution in [0.2, 0.25) is 0 Å². The Labute approximate surface area is 149 Å². The molecule has 0 bridgehead atoms. The molecule has 0 aromatic heterocycles. The topological polar surface area (TPSA) is 59.3 Å². The average Bonchev–Trinajstić information content (AvgIpc) is 2.63. The van der Waals surface area contributed by atoms with Crippen molar-refractivity contribution in [2.45, 2.75) is 38.8 Å². The molecule has 3 rings (SSSR count). The van der Waals surface area contributed by atoms with E-state index in [4.69, 9.17) is 0 Å². The van der Waals surface area contributed by atoms with Crippen LogP contribution in [0, 0.1) is 18.3 Å². The van der Waals surface area contributed by atoms with Crippen LogP contribution < -0.4 is 10.2 Å². The van der Waals surface area contributed by atoms with E-state index in [1.807, 2.05) is 18.2 Å². The van der Waals surface area contributed by atoms with Crippen LogP contribution in [0.25, 0.3) is 0 Å². The summed E-state index contributed by atoms with van der Waals surface area (Å²) in [6, 6.07) is 16.9. The summed E-state index contributed by atoms with van der Waals surface area (Å²) in [6.07, 6.45) is 1.31. The summed E-state index contributed by atoms with van der Waals surface area (Å²) in [6.45, 7) is 5.79. The highest BCUT2D eigenvalue weighted by atomic mass is 16.3. The maximum absolute atomic E-state index is 9.67. The number of nitriles is 1. The maximum atomic E-state index is 9.67. The number of aliphatic hydroxyl groups is 1. The lowest BCUT2D eigenvalue weighted by Crippen LogP contribution is -2.36. The number of aliphatic hydroxyl groups excluding tert-OH is 1. The van der Waals surface area contributed by atoms with E-state index in [0.717, 1.165) is 37.3 Å². The monoisotopic (exact) mass is 335 g/mol. The van der Waals surface area contributed by atoms with Gasteiger partial charge in [-0.1, -0.05) is 29.8 Å². The zero-order valence-corrected chi connectivity index (χ0v) is 14.9. The number of anilines is 2. The highest BCUT2D eigenvalue weighted by Gasteiger charge is 2.19. The van der Waals surface area contributed by atoms with Crippen LogP contribution in [-0.2, 0) is 0 Å². The molecule has 0 spiro atoms. The average molecular weight is 335 g/mol. The largest absolute Gasteiger partial charge is 0.393 e. The van der Waals surface area contributed by atoms with Gasteiger partial charge in [0.05, 0.1) is 17.4 Å². The predicted molar refractivity (Wildman–Crippen MR) is 102 cm³/mol. The van der Waals surface area contributed by atoms with E-state index in [1.165, 1.54) is 11.1 Å². The minimum Gasteiger partial charge on any atom is -0.393 e. The first-order valence-corrected chi connectivity index (χ1v) is 8.87. The Morgan fingerprint density at radius 2 is 1.84 bits per heavy atom. The highest BCUT2D eigenvalue weighted by molar-refractivity contribution is 5.66. The van der Waals surface area contributed by atoms with Crippen LogP contribution in [0.5, 0.6) is 0 Å². The molecule has 1 aliphatic rings. The number of piperidine rings is 1. The molecule has 130 valence electrons. The van der Waals surface area contributed by atoms with Crippen LogP contribution in [0.1, 0.15) is 42.5 Å². The van der Waals surface area contributed by atoms with Gasteiger partial charge in [0.25, 0.3) is 0 Å². The molecule has 0 saturated carbocycles. The molecule has 1 fully saturated rings. The maximum Gasteiger partial charge on any atom is 0.101 e. The fourth-order valence-corrected chi connectivity index (χ4v) is 3.29. The molecule has 0 radical (unpaired) electrons. The Hall–Kier alpha value is -2.51. The van der Waals surface area contributed by atoms with Gasteiger partial charge in [0.15, 0.2) is 0 Å². The van der Waals surface area contributed by atoms with Gasteiger partial charge in [-0.15, -0.1) is 0 Å². The number of nitrogens with one attached hydrogen (secondary N) is 1. The smallest absolute Gasteiger partial charge is 0.101 e. The van der Waals surface area contributed by atoms with Crippen LogP contribution >= 0.6 is 0 Å². The quantitative estimate of drug-likeness (QED) is 0.886. The molecule has 0 amide bonds. The van der Waals surface area contributed by atoms with Crippen molar-refractivity contribution in [3.63, 3.8) is 0 Å². The van der Waals surface area contributed by atoms with Gasteiger partial charge in [0, 0.05) is 24.8 Å². The van der Waals surface area contributed by atoms with Crippen molar-refractivity contribution in [3.05, 3.63) is 59.2 Å². The summed E-state index contributed by atoms with van der Waals surface area (Å²) in [5, 5.41) is 22.7. The molecule has 2 N–H and O–H groups in total. The Bertz CT molecular complexity index is 756. The Morgan fingerprint density at radius 1 is 1.16 bits per heavy atom. The molecule has 2 aromatic carbocycles. The number of nitrogens with zero attached hydrogens (tertiary/aromatic N) is 2. The molecule has 1 unspecified atom stereocenters. The first-order chi connectivity index (χ1) is 12.1. The van der Waals surface area contributed by atoms with Crippen LogP contribution in [0.3, 0.4) is 0 Å². The first-order valence-electron chi connectivity index (χ1n) is 8.87. The minimum atomic E-state index is -0.210. The Balaban J connectivity index is 1.75. The van der Waals surface area contributed by atoms with E-state index in [9.17, 15) is 10.4 Å². The normalized spacial score (nSPS) is 16.3. The number of hydrogen-bond acceptors (Lipinski definition) is 4. The molecule has 4 nitrogen and oxygen atoms in total. The van der Waals surface area contributed by atoms with E-state index in [2.05, 4.69) is 54.4 Å². The Kier molecular flexibility index (Phi) is 5.25. The summed E-state index contributed by atoms with van der Waals surface area (Å²) in [5.41, 5.74) is 5.06. The number of rotatable bonds is 4. The third-order valence-corrected chi connectivity index (χ3v) is 4.88. The molecule has 1 aliphatic heterocycles. The lowest BCUT2D eigenvalue weighted by Gasteiger charge is -2.32. The third-order valence-electron chi connectivity index (χ3n) is 4.88. The van der Waals surface area contributed by atoms with E-state index < -0.39 is 0 Å². The molecule has 2 aromatic rings. The molecular formula is C21H25N3O. The molecule has 1 heterocycles. The van der Waals surface area contributed by atoms with Crippen molar-refractivity contribution in [3.8, 4) is 6.07 Å². The van der Waals surface area contributed by atoms with Crippen molar-refractivity contribution < 1.29 is 5.11 Å². The molecule has 1 saturated heterocycles. The van der Waals surface area contributed by atoms with Gasteiger partial charge < -0.3 is 15.3 Å². The van der Waals surface area contributed by atoms with Gasteiger partial charge in [0.2, 0.25) is 0 Å². The van der Waals surface area contributed by atoms with Gasteiger partial charge in [-0.05, 0) is 50.5 Å². The lowest BCUT2D eigenvalue weighted by molar-refractivity contribution is 0.145. The highest BCUT2D eigenvalue weighted by Crippen LogP contribution is 2.28. The minimum absolute atomic E-state index is 0.170. The molecule has 4 heteroatoms. The number of aryl methyl sites for hydroxylation is 1. The van der Waals surface area contributed by atoms with Crippen LogP contribution in [0.4, 0.5) is 11.4 Å². The van der Waals surface area contributed by atoms with E-state index >= 15 is 0 Å². The van der Waals surface area contributed by atoms with Crippen LogP contribution in [-0.4, -0.2) is 24.3 Å². The van der Waals surface area contributed by atoms with Crippen molar-refractivity contribution in [1.82, 2.24) is 0 Å². The molecule has 1 atom stereocenters.